The minimum absolute atomic E-state index is 0.0794. The molecule has 1 amide bonds. The number of halogens is 2. The van der Waals surface area contributed by atoms with Crippen molar-refractivity contribution in [3.63, 3.8) is 0 Å². The van der Waals surface area contributed by atoms with Gasteiger partial charge in [-0.1, -0.05) is 28.1 Å². The van der Waals surface area contributed by atoms with Crippen LogP contribution in [0.25, 0.3) is 10.8 Å². The van der Waals surface area contributed by atoms with Crippen LogP contribution < -0.4 is 5.32 Å². The zero-order chi connectivity index (χ0) is 15.2. The van der Waals surface area contributed by atoms with E-state index in [1.807, 2.05) is 36.4 Å². The van der Waals surface area contributed by atoms with Crippen molar-refractivity contribution < 1.29 is 9.53 Å². The smallest absolute Gasteiger partial charge is 0.251 e. The number of rotatable bonds is 6. The Labute approximate surface area is 137 Å². The van der Waals surface area contributed by atoms with Gasteiger partial charge in [-0.2, -0.15) is 0 Å². The van der Waals surface area contributed by atoms with Crippen LogP contribution in [0.5, 0.6) is 0 Å². The van der Waals surface area contributed by atoms with Gasteiger partial charge >= 0.3 is 0 Å². The van der Waals surface area contributed by atoms with Crippen molar-refractivity contribution >= 4 is 44.2 Å². The number of hydrogen-bond donors (Lipinski definition) is 1. The summed E-state index contributed by atoms with van der Waals surface area (Å²) in [6.45, 7) is 1.02. The first-order valence-corrected chi connectivity index (χ1v) is 7.93. The summed E-state index contributed by atoms with van der Waals surface area (Å²) in [5, 5.41) is 4.94. The monoisotopic (exact) mass is 369 g/mol. The normalized spacial score (nSPS) is 12.3. The van der Waals surface area contributed by atoms with Crippen molar-refractivity contribution in [2.75, 3.05) is 20.3 Å². The number of methoxy groups -OCH3 is 1. The van der Waals surface area contributed by atoms with Gasteiger partial charge in [0.2, 0.25) is 0 Å². The second-order valence-electron chi connectivity index (χ2n) is 4.80. The average Bonchev–Trinajstić information content (AvgIpc) is 2.46. The number of alkyl halides is 1. The fraction of sp³-hybridized carbons (Fsp3) is 0.312. The van der Waals surface area contributed by atoms with Gasteiger partial charge in [0, 0.05) is 23.7 Å². The van der Waals surface area contributed by atoms with E-state index in [2.05, 4.69) is 21.2 Å². The maximum Gasteiger partial charge on any atom is 0.251 e. The minimum atomic E-state index is -0.0823. The molecular weight excluding hydrogens is 354 g/mol. The minimum Gasteiger partial charge on any atom is -0.383 e. The predicted octanol–water partition coefficient (Wildman–Crippen LogP) is 3.98. The van der Waals surface area contributed by atoms with E-state index in [4.69, 9.17) is 16.3 Å². The van der Waals surface area contributed by atoms with Crippen molar-refractivity contribution in [2.24, 2.45) is 0 Å². The van der Waals surface area contributed by atoms with E-state index < -0.39 is 0 Å². The highest BCUT2D eigenvalue weighted by atomic mass is 79.9. The lowest BCUT2D eigenvalue weighted by Crippen LogP contribution is -2.27. The molecule has 21 heavy (non-hydrogen) atoms. The molecule has 2 aromatic rings. The molecule has 0 aliphatic carbocycles. The van der Waals surface area contributed by atoms with Gasteiger partial charge < -0.3 is 10.1 Å². The third-order valence-electron chi connectivity index (χ3n) is 3.16. The summed E-state index contributed by atoms with van der Waals surface area (Å²) in [4.78, 5) is 12.1. The summed E-state index contributed by atoms with van der Waals surface area (Å²) in [7, 11) is 1.61. The van der Waals surface area contributed by atoms with Crippen LogP contribution in [0.15, 0.2) is 40.9 Å². The number of nitrogens with one attached hydrogen (secondary N) is 1. The quantitative estimate of drug-likeness (QED) is 0.781. The summed E-state index contributed by atoms with van der Waals surface area (Å²) >= 11 is 9.46. The van der Waals surface area contributed by atoms with Crippen molar-refractivity contribution in [3.05, 3.63) is 46.4 Å². The molecule has 1 unspecified atom stereocenters. The van der Waals surface area contributed by atoms with Gasteiger partial charge in [0.05, 0.1) is 12.0 Å². The molecule has 112 valence electrons. The zero-order valence-corrected chi connectivity index (χ0v) is 14.1. The van der Waals surface area contributed by atoms with E-state index in [0.29, 0.717) is 25.1 Å². The van der Waals surface area contributed by atoms with E-state index in [-0.39, 0.29) is 11.3 Å². The molecule has 0 aromatic heterocycles. The van der Waals surface area contributed by atoms with E-state index >= 15 is 0 Å². The molecule has 0 aliphatic heterocycles. The lowest BCUT2D eigenvalue weighted by Gasteiger charge is -2.09. The number of carbonyl (C=O) groups excluding carboxylic acids is 1. The van der Waals surface area contributed by atoms with E-state index in [0.717, 1.165) is 15.2 Å². The average molecular weight is 371 g/mol. The summed E-state index contributed by atoms with van der Waals surface area (Å²) < 4.78 is 5.98. The summed E-state index contributed by atoms with van der Waals surface area (Å²) in [5.41, 5.74) is 0.655. The first-order valence-electron chi connectivity index (χ1n) is 6.70. The van der Waals surface area contributed by atoms with Gasteiger partial charge in [0.1, 0.15) is 0 Å². The Bertz CT molecular complexity index is 633. The molecule has 5 heteroatoms. The van der Waals surface area contributed by atoms with Gasteiger partial charge in [-0.3, -0.25) is 4.79 Å². The molecule has 0 saturated carbocycles. The van der Waals surface area contributed by atoms with Gasteiger partial charge in [0.25, 0.3) is 5.91 Å². The van der Waals surface area contributed by atoms with Crippen molar-refractivity contribution in [3.8, 4) is 0 Å². The van der Waals surface area contributed by atoms with Crippen LogP contribution in [0, 0.1) is 0 Å². The molecule has 2 rings (SSSR count). The number of carbonyl (C=O) groups is 1. The maximum atomic E-state index is 12.1. The van der Waals surface area contributed by atoms with E-state index in [9.17, 15) is 4.79 Å². The van der Waals surface area contributed by atoms with Gasteiger partial charge in [-0.25, -0.2) is 0 Å². The SMILES string of the molecule is COCC(Cl)CCNC(=O)c1ccc2cc(Br)ccc2c1. The number of fused-ring (bicyclic) bond motifs is 1. The summed E-state index contributed by atoms with van der Waals surface area (Å²) in [6.07, 6.45) is 0.682. The molecule has 0 bridgehead atoms. The Balaban J connectivity index is 1.98. The molecule has 2 aromatic carbocycles. The van der Waals surface area contributed by atoms with Crippen molar-refractivity contribution in [1.29, 1.82) is 0 Å². The van der Waals surface area contributed by atoms with Crippen LogP contribution in [-0.2, 0) is 4.74 Å². The number of ether oxygens (including phenoxy) is 1. The molecule has 0 spiro atoms. The van der Waals surface area contributed by atoms with Crippen LogP contribution in [0.2, 0.25) is 0 Å². The Morgan fingerprint density at radius 3 is 2.76 bits per heavy atom. The molecule has 1 atom stereocenters. The van der Waals surface area contributed by atoms with Crippen molar-refractivity contribution in [1.82, 2.24) is 5.32 Å². The fourth-order valence-electron chi connectivity index (χ4n) is 2.07. The second kappa shape index (κ2) is 7.78. The highest BCUT2D eigenvalue weighted by Gasteiger charge is 2.08. The van der Waals surface area contributed by atoms with E-state index in [1.54, 1.807) is 7.11 Å². The number of hydrogen-bond acceptors (Lipinski definition) is 2. The highest BCUT2D eigenvalue weighted by molar-refractivity contribution is 9.10. The van der Waals surface area contributed by atoms with Gasteiger partial charge in [-0.05, 0) is 41.5 Å². The fourth-order valence-corrected chi connectivity index (χ4v) is 2.68. The first-order chi connectivity index (χ1) is 10.1. The third kappa shape index (κ3) is 4.70. The molecule has 3 nitrogen and oxygen atoms in total. The number of amides is 1. The molecule has 0 saturated heterocycles. The standard InChI is InChI=1S/C16H17BrClNO2/c1-21-10-15(18)6-7-19-16(20)13-3-2-12-9-14(17)5-4-11(12)8-13/h2-5,8-9,15H,6-7,10H2,1H3,(H,19,20). The van der Waals surface area contributed by atoms with Crippen LogP contribution >= 0.6 is 27.5 Å². The second-order valence-corrected chi connectivity index (χ2v) is 6.34. The molecular formula is C16H17BrClNO2. The Kier molecular flexibility index (Phi) is 6.03. The topological polar surface area (TPSA) is 38.3 Å². The summed E-state index contributed by atoms with van der Waals surface area (Å²) in [5.74, 6) is -0.0823. The molecule has 0 radical (unpaired) electrons. The van der Waals surface area contributed by atoms with Crippen LogP contribution in [0.4, 0.5) is 0 Å². The highest BCUT2D eigenvalue weighted by Crippen LogP contribution is 2.21. The van der Waals surface area contributed by atoms with Gasteiger partial charge in [0.15, 0.2) is 0 Å². The Morgan fingerprint density at radius 2 is 2.00 bits per heavy atom. The number of benzene rings is 2. The lowest BCUT2D eigenvalue weighted by atomic mass is 10.1. The largest absolute Gasteiger partial charge is 0.383 e. The van der Waals surface area contributed by atoms with E-state index in [1.165, 1.54) is 0 Å². The first kappa shape index (κ1) is 16.3. The van der Waals surface area contributed by atoms with Crippen LogP contribution in [0.1, 0.15) is 16.8 Å². The molecule has 1 N–H and O–H groups in total. The van der Waals surface area contributed by atoms with Gasteiger partial charge in [-0.15, -0.1) is 11.6 Å². The Morgan fingerprint density at radius 1 is 1.29 bits per heavy atom. The summed E-state index contributed by atoms with van der Waals surface area (Å²) in [6, 6.07) is 11.7. The van der Waals surface area contributed by atoms with Crippen molar-refractivity contribution in [2.45, 2.75) is 11.8 Å². The van der Waals surface area contributed by atoms with Crippen LogP contribution in [-0.4, -0.2) is 31.5 Å². The third-order valence-corrected chi connectivity index (χ3v) is 3.99. The maximum absolute atomic E-state index is 12.1. The lowest BCUT2D eigenvalue weighted by molar-refractivity contribution is 0.0952. The Hall–Kier alpha value is -1.10. The zero-order valence-electron chi connectivity index (χ0n) is 11.7. The predicted molar refractivity (Wildman–Crippen MR) is 90.1 cm³/mol. The molecule has 0 aliphatic rings. The molecule has 0 heterocycles. The molecule has 0 fully saturated rings. The van der Waals surface area contributed by atoms with Crippen LogP contribution in [0.3, 0.4) is 0 Å².